The molecule has 0 unspecified atom stereocenters. The maximum Gasteiger partial charge on any atom is 0.486 e. The first-order valence-electron chi connectivity index (χ1n) is 8.81. The lowest BCUT2D eigenvalue weighted by Gasteiger charge is -2.25. The van der Waals surface area contributed by atoms with Crippen LogP contribution in [0.15, 0.2) is 24.4 Å². The van der Waals surface area contributed by atoms with Gasteiger partial charge in [0.15, 0.2) is 0 Å². The highest BCUT2D eigenvalue weighted by molar-refractivity contribution is 5.38. The maximum atomic E-state index is 13.1. The number of unbranched alkanes of at least 4 members (excludes halogenated alkanes) is 9. The summed E-state index contributed by atoms with van der Waals surface area (Å²) in [4.78, 5) is 4.26. The fourth-order valence-corrected chi connectivity index (χ4v) is 2.64. The molecule has 0 amide bonds. The van der Waals surface area contributed by atoms with E-state index in [9.17, 15) is 13.2 Å². The number of hydrogen-bond donors (Lipinski definition) is 0. The van der Waals surface area contributed by atoms with Gasteiger partial charge in [-0.05, 0) is 18.6 Å². The minimum Gasteiger partial charge on any atom is -0.268 e. The second kappa shape index (κ2) is 11.3. The van der Waals surface area contributed by atoms with Crippen molar-refractivity contribution in [3.8, 4) is 0 Å². The van der Waals surface area contributed by atoms with Gasteiger partial charge in [-0.3, -0.25) is 4.90 Å². The van der Waals surface area contributed by atoms with Crippen molar-refractivity contribution in [1.29, 1.82) is 0 Å². The zero-order chi connectivity index (χ0) is 17.0. The second-order valence-electron chi connectivity index (χ2n) is 5.99. The lowest BCUT2D eigenvalue weighted by atomic mass is 10.1. The molecular weight excluding hydrogens is 301 g/mol. The minimum atomic E-state index is -4.37. The molecule has 0 saturated carbocycles. The summed E-state index contributed by atoms with van der Waals surface area (Å²) in [5, 5.41) is 0. The lowest BCUT2D eigenvalue weighted by Crippen LogP contribution is -2.39. The van der Waals surface area contributed by atoms with Crippen molar-refractivity contribution in [2.45, 2.75) is 77.4 Å². The molecule has 5 heteroatoms. The minimum absolute atomic E-state index is 0.0169. The zero-order valence-electron chi connectivity index (χ0n) is 14.1. The largest absolute Gasteiger partial charge is 0.486 e. The Morgan fingerprint density at radius 3 is 1.91 bits per heavy atom. The predicted octanol–water partition coefficient (Wildman–Crippen LogP) is 6.33. The maximum absolute atomic E-state index is 13.1. The number of pyridine rings is 1. The summed E-state index contributed by atoms with van der Waals surface area (Å²) < 4.78 is 39.2. The molecule has 0 saturated heterocycles. The molecule has 2 nitrogen and oxygen atoms in total. The molecule has 23 heavy (non-hydrogen) atoms. The Labute approximate surface area is 138 Å². The van der Waals surface area contributed by atoms with Crippen LogP contribution in [0.3, 0.4) is 0 Å². The first-order valence-corrected chi connectivity index (χ1v) is 8.81. The summed E-state index contributed by atoms with van der Waals surface area (Å²) in [5.74, 6) is -0.0177. The monoisotopic (exact) mass is 330 g/mol. The standard InChI is InChI=1S/C18H29F3N2/c1-2-3-4-5-6-7-8-9-10-13-16-23(18(19,20)21)17-14-11-12-15-22-17/h11-12,14-15H,2-10,13,16H2,1H3. The lowest BCUT2D eigenvalue weighted by molar-refractivity contribution is -0.129. The quantitative estimate of drug-likeness (QED) is 0.329. The Morgan fingerprint density at radius 1 is 0.870 bits per heavy atom. The van der Waals surface area contributed by atoms with E-state index in [1.807, 2.05) is 0 Å². The molecule has 1 heterocycles. The summed E-state index contributed by atoms with van der Waals surface area (Å²) >= 11 is 0. The number of halogens is 3. The summed E-state index contributed by atoms with van der Waals surface area (Å²) in [6, 6.07) is 4.61. The van der Waals surface area contributed by atoms with Gasteiger partial charge in [0, 0.05) is 12.7 Å². The molecule has 1 rings (SSSR count). The van der Waals surface area contributed by atoms with E-state index in [1.165, 1.54) is 50.8 Å². The molecule has 1 aromatic heterocycles. The average molecular weight is 330 g/mol. The van der Waals surface area contributed by atoms with Crippen LogP contribution in [0.5, 0.6) is 0 Å². The molecule has 0 fully saturated rings. The molecule has 0 aliphatic carbocycles. The number of anilines is 1. The van der Waals surface area contributed by atoms with Crippen molar-refractivity contribution in [3.63, 3.8) is 0 Å². The van der Waals surface area contributed by atoms with Gasteiger partial charge in [-0.2, -0.15) is 13.2 Å². The number of aromatic nitrogens is 1. The van der Waals surface area contributed by atoms with E-state index in [-0.39, 0.29) is 12.4 Å². The van der Waals surface area contributed by atoms with Gasteiger partial charge in [0.2, 0.25) is 0 Å². The van der Waals surface area contributed by atoms with Crippen LogP contribution in [0.4, 0.5) is 19.0 Å². The van der Waals surface area contributed by atoms with Crippen LogP contribution in [-0.2, 0) is 0 Å². The Morgan fingerprint density at radius 2 is 1.43 bits per heavy atom. The Hall–Kier alpha value is -1.26. The van der Waals surface area contributed by atoms with E-state index in [4.69, 9.17) is 0 Å². The number of hydrogen-bond acceptors (Lipinski definition) is 2. The van der Waals surface area contributed by atoms with Crippen LogP contribution >= 0.6 is 0 Å². The average Bonchev–Trinajstić information content (AvgIpc) is 2.52. The van der Waals surface area contributed by atoms with Crippen molar-refractivity contribution >= 4 is 5.82 Å². The van der Waals surface area contributed by atoms with Crippen LogP contribution in [-0.4, -0.2) is 17.8 Å². The smallest absolute Gasteiger partial charge is 0.268 e. The summed E-state index contributed by atoms with van der Waals surface area (Å²) in [6.07, 6.45) is 8.17. The Bertz CT molecular complexity index is 393. The van der Waals surface area contributed by atoms with E-state index in [1.54, 1.807) is 12.1 Å². The van der Waals surface area contributed by atoms with Crippen LogP contribution < -0.4 is 4.90 Å². The topological polar surface area (TPSA) is 16.1 Å². The van der Waals surface area contributed by atoms with Crippen LogP contribution in [0.25, 0.3) is 0 Å². The van der Waals surface area contributed by atoms with Gasteiger partial charge in [0.25, 0.3) is 0 Å². The molecule has 132 valence electrons. The zero-order valence-corrected chi connectivity index (χ0v) is 14.1. The third-order valence-electron chi connectivity index (χ3n) is 3.97. The normalized spacial score (nSPS) is 11.7. The van der Waals surface area contributed by atoms with Gasteiger partial charge in [-0.15, -0.1) is 0 Å². The highest BCUT2D eigenvalue weighted by Gasteiger charge is 2.37. The van der Waals surface area contributed by atoms with Crippen LogP contribution in [0.2, 0.25) is 0 Å². The highest BCUT2D eigenvalue weighted by Crippen LogP contribution is 2.27. The highest BCUT2D eigenvalue weighted by atomic mass is 19.4. The summed E-state index contributed by atoms with van der Waals surface area (Å²) in [7, 11) is 0. The number of alkyl halides is 3. The van der Waals surface area contributed by atoms with Crippen molar-refractivity contribution in [1.82, 2.24) is 4.98 Å². The van der Waals surface area contributed by atoms with Crippen LogP contribution in [0.1, 0.15) is 71.1 Å². The molecule has 0 spiro atoms. The fourth-order valence-electron chi connectivity index (χ4n) is 2.64. The van der Waals surface area contributed by atoms with Gasteiger partial charge in [0.1, 0.15) is 5.82 Å². The third-order valence-corrected chi connectivity index (χ3v) is 3.97. The van der Waals surface area contributed by atoms with E-state index in [0.29, 0.717) is 11.3 Å². The molecular formula is C18H29F3N2. The molecule has 0 radical (unpaired) electrons. The summed E-state index contributed by atoms with van der Waals surface area (Å²) in [6.45, 7) is 2.19. The van der Waals surface area contributed by atoms with E-state index < -0.39 is 6.30 Å². The van der Waals surface area contributed by atoms with Crippen LogP contribution in [0, 0.1) is 0 Å². The van der Waals surface area contributed by atoms with E-state index >= 15 is 0 Å². The van der Waals surface area contributed by atoms with E-state index in [0.717, 1.165) is 19.3 Å². The molecule has 0 atom stereocenters. The van der Waals surface area contributed by atoms with Gasteiger partial charge in [-0.25, -0.2) is 4.98 Å². The van der Waals surface area contributed by atoms with Gasteiger partial charge in [-0.1, -0.05) is 70.8 Å². The van der Waals surface area contributed by atoms with Crippen molar-refractivity contribution < 1.29 is 13.2 Å². The third kappa shape index (κ3) is 8.82. The first-order chi connectivity index (χ1) is 11.1. The van der Waals surface area contributed by atoms with Crippen molar-refractivity contribution in [3.05, 3.63) is 24.4 Å². The molecule has 0 aromatic carbocycles. The fraction of sp³-hybridized carbons (Fsp3) is 0.722. The van der Waals surface area contributed by atoms with E-state index in [2.05, 4.69) is 11.9 Å². The SMILES string of the molecule is CCCCCCCCCCCCN(c1ccccn1)C(F)(F)F. The second-order valence-corrected chi connectivity index (χ2v) is 5.99. The molecule has 0 bridgehead atoms. The molecule has 0 aliphatic rings. The number of rotatable bonds is 12. The Kier molecular flexibility index (Phi) is 9.72. The van der Waals surface area contributed by atoms with Gasteiger partial charge < -0.3 is 0 Å². The van der Waals surface area contributed by atoms with Crippen molar-refractivity contribution in [2.24, 2.45) is 0 Å². The summed E-state index contributed by atoms with van der Waals surface area (Å²) in [5.41, 5.74) is 0. The van der Waals surface area contributed by atoms with Gasteiger partial charge >= 0.3 is 6.30 Å². The Balaban J connectivity index is 2.17. The van der Waals surface area contributed by atoms with Gasteiger partial charge in [0.05, 0.1) is 0 Å². The molecule has 0 N–H and O–H groups in total. The molecule has 0 aliphatic heterocycles. The van der Waals surface area contributed by atoms with Crippen molar-refractivity contribution in [2.75, 3.05) is 11.4 Å². The predicted molar refractivity (Wildman–Crippen MR) is 89.5 cm³/mol. The number of nitrogens with zero attached hydrogens (tertiary/aromatic N) is 2. The molecule has 1 aromatic rings. The first kappa shape index (κ1) is 19.8.